The summed E-state index contributed by atoms with van der Waals surface area (Å²) in [5.41, 5.74) is -0.186. The van der Waals surface area contributed by atoms with Gasteiger partial charge in [0.15, 0.2) is 28.6 Å². The molecule has 0 aliphatic carbocycles. The predicted octanol–water partition coefficient (Wildman–Crippen LogP) is 3.22. The highest BCUT2D eigenvalue weighted by Gasteiger charge is 2.30. The van der Waals surface area contributed by atoms with Crippen LogP contribution in [0.1, 0.15) is 0 Å². The molecule has 0 bridgehead atoms. The number of methoxy groups -OCH3 is 6. The fourth-order valence-electron chi connectivity index (χ4n) is 3.32. The van der Waals surface area contributed by atoms with Gasteiger partial charge in [-0.1, -0.05) is 6.07 Å². The lowest BCUT2D eigenvalue weighted by molar-refractivity contribution is 0.316. The Bertz CT molecular complexity index is 1150. The summed E-state index contributed by atoms with van der Waals surface area (Å²) < 4.78 is 38.1. The summed E-state index contributed by atoms with van der Waals surface area (Å²) in [7, 11) is 8.30. The molecule has 0 fully saturated rings. The van der Waals surface area contributed by atoms with E-state index in [0.29, 0.717) is 17.1 Å². The molecular weight excluding hydrogens is 396 g/mol. The third kappa shape index (κ3) is 2.99. The summed E-state index contributed by atoms with van der Waals surface area (Å²) in [5.74, 6) is 0.195. The summed E-state index contributed by atoms with van der Waals surface area (Å²) in [6, 6.07) is 5.10. The molecule has 1 heterocycles. The fraction of sp³-hybridized carbons (Fsp3) is 0.286. The Morgan fingerprint density at radius 3 is 1.87 bits per heavy atom. The first kappa shape index (κ1) is 21.0. The van der Waals surface area contributed by atoms with Crippen LogP contribution >= 0.6 is 0 Å². The normalized spacial score (nSPS) is 10.6. The van der Waals surface area contributed by atoms with Crippen molar-refractivity contribution in [2.24, 2.45) is 0 Å². The van der Waals surface area contributed by atoms with Gasteiger partial charge in [0.1, 0.15) is 5.39 Å². The Morgan fingerprint density at radius 2 is 1.33 bits per heavy atom. The average molecular weight is 418 g/mol. The van der Waals surface area contributed by atoms with Gasteiger partial charge in [-0.2, -0.15) is 0 Å². The van der Waals surface area contributed by atoms with Crippen LogP contribution in [-0.4, -0.2) is 47.8 Å². The zero-order chi connectivity index (χ0) is 22.0. The molecule has 0 aliphatic heterocycles. The summed E-state index contributed by atoms with van der Waals surface area (Å²) in [6.45, 7) is 0. The molecule has 0 saturated carbocycles. The molecule has 1 aromatic heterocycles. The lowest BCUT2D eigenvalue weighted by Crippen LogP contribution is -2.10. The smallest absolute Gasteiger partial charge is 0.239 e. The zero-order valence-electron chi connectivity index (χ0n) is 17.4. The largest absolute Gasteiger partial charge is 0.501 e. The molecule has 0 spiro atoms. The first-order valence-corrected chi connectivity index (χ1v) is 8.75. The van der Waals surface area contributed by atoms with Crippen molar-refractivity contribution in [3.8, 4) is 51.6 Å². The van der Waals surface area contributed by atoms with Crippen molar-refractivity contribution in [1.29, 1.82) is 0 Å². The maximum absolute atomic E-state index is 13.4. The van der Waals surface area contributed by atoms with Crippen molar-refractivity contribution in [3.05, 3.63) is 28.4 Å². The number of hydrogen-bond acceptors (Lipinski definition) is 9. The number of aromatic hydroxyl groups is 1. The van der Waals surface area contributed by atoms with Crippen molar-refractivity contribution in [3.63, 3.8) is 0 Å². The monoisotopic (exact) mass is 418 g/mol. The van der Waals surface area contributed by atoms with E-state index in [1.807, 2.05) is 0 Å². The number of rotatable bonds is 7. The van der Waals surface area contributed by atoms with Crippen LogP contribution in [0.5, 0.6) is 40.2 Å². The topological polar surface area (TPSA) is 106 Å². The number of hydrogen-bond donors (Lipinski definition) is 1. The Kier molecular flexibility index (Phi) is 5.81. The van der Waals surface area contributed by atoms with Crippen LogP contribution in [0.3, 0.4) is 0 Å². The van der Waals surface area contributed by atoms with Gasteiger partial charge in [-0.15, -0.1) is 0 Å². The van der Waals surface area contributed by atoms with Crippen molar-refractivity contribution in [2.45, 2.75) is 0 Å². The summed E-state index contributed by atoms with van der Waals surface area (Å²) in [4.78, 5) is 13.4. The second-order valence-electron chi connectivity index (χ2n) is 5.99. The first-order chi connectivity index (χ1) is 14.5. The third-order valence-corrected chi connectivity index (χ3v) is 4.60. The predicted molar refractivity (Wildman–Crippen MR) is 109 cm³/mol. The highest BCUT2D eigenvalue weighted by molar-refractivity contribution is 5.97. The minimum absolute atomic E-state index is 0.00790. The Labute approximate surface area is 172 Å². The molecule has 0 aliphatic rings. The molecule has 160 valence electrons. The molecule has 2 aromatic carbocycles. The number of phenolic OH excluding ortho intramolecular Hbond substituents is 1. The molecule has 30 heavy (non-hydrogen) atoms. The Balaban J connectivity index is 2.56. The van der Waals surface area contributed by atoms with E-state index >= 15 is 0 Å². The second kappa shape index (κ2) is 8.32. The molecule has 3 rings (SSSR count). The summed E-state index contributed by atoms with van der Waals surface area (Å²) in [6.07, 6.45) is 0. The van der Waals surface area contributed by atoms with Crippen molar-refractivity contribution in [2.75, 3.05) is 42.7 Å². The van der Waals surface area contributed by atoms with Crippen molar-refractivity contribution in [1.82, 2.24) is 0 Å². The Morgan fingerprint density at radius 1 is 0.733 bits per heavy atom. The summed E-state index contributed by atoms with van der Waals surface area (Å²) in [5, 5.41) is 10.6. The van der Waals surface area contributed by atoms with Gasteiger partial charge in [-0.3, -0.25) is 4.79 Å². The van der Waals surface area contributed by atoms with Crippen molar-refractivity contribution >= 4 is 11.0 Å². The van der Waals surface area contributed by atoms with E-state index in [1.54, 1.807) is 18.2 Å². The highest BCUT2D eigenvalue weighted by atomic mass is 16.5. The van der Waals surface area contributed by atoms with Gasteiger partial charge in [0, 0.05) is 0 Å². The molecular formula is C21H22O9. The van der Waals surface area contributed by atoms with Crippen LogP contribution in [0, 0.1) is 0 Å². The molecule has 0 unspecified atom stereocenters. The molecule has 0 saturated heterocycles. The van der Waals surface area contributed by atoms with E-state index in [9.17, 15) is 9.90 Å². The van der Waals surface area contributed by atoms with E-state index < -0.39 is 5.43 Å². The van der Waals surface area contributed by atoms with Crippen LogP contribution in [0.2, 0.25) is 0 Å². The lowest BCUT2D eigenvalue weighted by atomic mass is 10.1. The standard InChI is InChI=1S/C21H22O9/c1-24-11-9-7-8-10(15(11)25-2)16-19(27-4)13(22)12-17(26-3)20(28-5)14(23)21(29-6)18(12)30-16/h7-9,23H,1-6H3. The third-order valence-electron chi connectivity index (χ3n) is 4.60. The summed E-state index contributed by atoms with van der Waals surface area (Å²) >= 11 is 0. The van der Waals surface area contributed by atoms with E-state index in [1.165, 1.54) is 42.7 Å². The Hall–Kier alpha value is -3.75. The van der Waals surface area contributed by atoms with Crippen LogP contribution in [-0.2, 0) is 0 Å². The number of ether oxygens (including phenoxy) is 6. The number of phenols is 1. The molecule has 0 atom stereocenters. The van der Waals surface area contributed by atoms with E-state index in [0.717, 1.165) is 0 Å². The van der Waals surface area contributed by atoms with Gasteiger partial charge in [0.05, 0.1) is 48.2 Å². The molecule has 3 aromatic rings. The lowest BCUT2D eigenvalue weighted by Gasteiger charge is -2.18. The van der Waals surface area contributed by atoms with Crippen LogP contribution in [0.25, 0.3) is 22.3 Å². The van der Waals surface area contributed by atoms with Crippen LogP contribution < -0.4 is 33.8 Å². The van der Waals surface area contributed by atoms with Crippen molar-refractivity contribution < 1.29 is 37.9 Å². The van der Waals surface area contributed by atoms with Gasteiger partial charge in [0.25, 0.3) is 0 Å². The van der Waals surface area contributed by atoms with Gasteiger partial charge in [0.2, 0.25) is 28.4 Å². The van der Waals surface area contributed by atoms with Gasteiger partial charge in [-0.25, -0.2) is 0 Å². The van der Waals surface area contributed by atoms with Gasteiger partial charge < -0.3 is 37.9 Å². The van der Waals surface area contributed by atoms with Gasteiger partial charge in [-0.05, 0) is 12.1 Å². The molecule has 9 heteroatoms. The van der Waals surface area contributed by atoms with Crippen LogP contribution in [0.15, 0.2) is 27.4 Å². The minimum atomic E-state index is -0.549. The molecule has 0 amide bonds. The zero-order valence-corrected chi connectivity index (χ0v) is 17.4. The van der Waals surface area contributed by atoms with E-state index in [4.69, 9.17) is 32.8 Å². The second-order valence-corrected chi connectivity index (χ2v) is 5.99. The molecule has 1 N–H and O–H groups in total. The minimum Gasteiger partial charge on any atom is -0.501 e. The maximum Gasteiger partial charge on any atom is 0.239 e. The fourth-order valence-corrected chi connectivity index (χ4v) is 3.32. The SMILES string of the molecule is COc1cccc(-c2oc3c(OC)c(O)c(OC)c(OC)c3c(=O)c2OC)c1OC. The maximum atomic E-state index is 13.4. The molecule has 9 nitrogen and oxygen atoms in total. The van der Waals surface area contributed by atoms with E-state index in [2.05, 4.69) is 0 Å². The highest BCUT2D eigenvalue weighted by Crippen LogP contribution is 2.51. The van der Waals surface area contributed by atoms with E-state index in [-0.39, 0.29) is 45.5 Å². The quantitative estimate of drug-likeness (QED) is 0.619. The first-order valence-electron chi connectivity index (χ1n) is 8.75. The molecule has 0 radical (unpaired) electrons. The number of benzene rings is 2. The number of para-hydroxylation sites is 1. The average Bonchev–Trinajstić information content (AvgIpc) is 2.77. The van der Waals surface area contributed by atoms with Gasteiger partial charge >= 0.3 is 0 Å². The number of fused-ring (bicyclic) bond motifs is 1. The van der Waals surface area contributed by atoms with Crippen LogP contribution in [0.4, 0.5) is 0 Å².